The predicted molar refractivity (Wildman–Crippen MR) is 103 cm³/mol. The molecule has 132 valence electrons. The Labute approximate surface area is 154 Å². The maximum Gasteiger partial charge on any atom is 0.267 e. The van der Waals surface area contributed by atoms with E-state index in [9.17, 15) is 9.59 Å². The molecule has 0 unspecified atom stereocenters. The first-order valence-electron chi connectivity index (χ1n) is 8.24. The number of benzene rings is 1. The summed E-state index contributed by atoms with van der Waals surface area (Å²) in [5.41, 5.74) is 3.30. The van der Waals surface area contributed by atoms with Gasteiger partial charge < -0.3 is 10.2 Å². The molecule has 0 saturated carbocycles. The van der Waals surface area contributed by atoms with Crippen LogP contribution in [-0.4, -0.2) is 38.8 Å². The smallest absolute Gasteiger partial charge is 0.267 e. The van der Waals surface area contributed by atoms with Crippen LogP contribution in [-0.2, 0) is 11.3 Å². The van der Waals surface area contributed by atoms with Gasteiger partial charge in [-0.05, 0) is 30.7 Å². The van der Waals surface area contributed by atoms with Crippen LogP contribution >= 0.6 is 11.8 Å². The number of aryl methyl sites for hydroxylation is 1. The maximum atomic E-state index is 12.2. The molecule has 3 heterocycles. The molecule has 0 aliphatic carbocycles. The zero-order valence-corrected chi connectivity index (χ0v) is 15.0. The number of aliphatic imine (C=N–C) groups is 1. The lowest BCUT2D eigenvalue weighted by atomic mass is 10.1. The minimum absolute atomic E-state index is 0.113. The van der Waals surface area contributed by atoms with Gasteiger partial charge in [0, 0.05) is 23.7 Å². The number of anilines is 1. The third kappa shape index (κ3) is 3.28. The van der Waals surface area contributed by atoms with E-state index in [-0.39, 0.29) is 18.0 Å². The number of amides is 1. The molecule has 0 atom stereocenters. The lowest BCUT2D eigenvalue weighted by Crippen LogP contribution is -2.29. The number of nitrogens with one attached hydrogen (secondary N) is 1. The monoisotopic (exact) mass is 367 g/mol. The molecule has 4 rings (SSSR count). The Morgan fingerprint density at radius 1 is 1.23 bits per heavy atom. The van der Waals surface area contributed by atoms with Gasteiger partial charge in [-0.1, -0.05) is 23.9 Å². The summed E-state index contributed by atoms with van der Waals surface area (Å²) in [6.45, 7) is 3.40. The summed E-state index contributed by atoms with van der Waals surface area (Å²) in [4.78, 5) is 30.6. The Morgan fingerprint density at radius 2 is 2.04 bits per heavy atom. The van der Waals surface area contributed by atoms with Gasteiger partial charge in [-0.3, -0.25) is 14.6 Å². The third-order valence-corrected chi connectivity index (χ3v) is 5.03. The van der Waals surface area contributed by atoms with Crippen LogP contribution in [0.25, 0.3) is 5.70 Å². The molecular weight excluding hydrogens is 350 g/mol. The van der Waals surface area contributed by atoms with Crippen molar-refractivity contribution in [2.75, 3.05) is 18.4 Å². The number of nitrogens with zero attached hydrogens (tertiary/aromatic N) is 4. The molecule has 1 aromatic carbocycles. The maximum absolute atomic E-state index is 12.2. The average Bonchev–Trinajstić information content (AvgIpc) is 3.22. The molecule has 2 aliphatic rings. The molecule has 2 aliphatic heterocycles. The normalized spacial score (nSPS) is 15.5. The molecule has 0 radical (unpaired) electrons. The van der Waals surface area contributed by atoms with Crippen molar-refractivity contribution in [2.45, 2.75) is 13.5 Å². The Hall–Kier alpha value is -2.87. The van der Waals surface area contributed by atoms with Crippen molar-refractivity contribution in [3.63, 3.8) is 0 Å². The number of hydrogen-bond acceptors (Lipinski definition) is 6. The van der Waals surface area contributed by atoms with Gasteiger partial charge in [0.05, 0.1) is 17.9 Å². The number of amidine groups is 1. The topological polar surface area (TPSA) is 79.6 Å². The van der Waals surface area contributed by atoms with Crippen molar-refractivity contribution >= 4 is 34.2 Å². The van der Waals surface area contributed by atoms with Crippen molar-refractivity contribution in [3.05, 3.63) is 63.4 Å². The highest BCUT2D eigenvalue weighted by Crippen LogP contribution is 2.35. The second kappa shape index (κ2) is 6.80. The van der Waals surface area contributed by atoms with Crippen LogP contribution in [0.2, 0.25) is 0 Å². The van der Waals surface area contributed by atoms with E-state index in [2.05, 4.69) is 25.7 Å². The van der Waals surface area contributed by atoms with Crippen LogP contribution in [0, 0.1) is 6.92 Å². The van der Waals surface area contributed by atoms with Crippen LogP contribution in [0.4, 0.5) is 5.69 Å². The predicted octanol–water partition coefficient (Wildman–Crippen LogP) is 1.91. The molecular formula is C18H17N5O2S. The fourth-order valence-electron chi connectivity index (χ4n) is 2.87. The summed E-state index contributed by atoms with van der Waals surface area (Å²) < 4.78 is 1.16. The number of aromatic nitrogens is 2. The zero-order chi connectivity index (χ0) is 18.1. The van der Waals surface area contributed by atoms with Gasteiger partial charge in [0.15, 0.2) is 5.17 Å². The van der Waals surface area contributed by atoms with Crippen LogP contribution in [0.3, 0.4) is 0 Å². The second-order valence-corrected chi connectivity index (χ2v) is 6.87. The standard InChI is InChI=1S/C18H17N5O2S/c1-12-2-7-17(25)23(21-12)10-16(24)20-14-5-3-13(4-6-14)15-11-26-18-19-8-9-22(15)18/h2-7,11H,8-10H2,1H3,(H,20,24). The highest BCUT2D eigenvalue weighted by atomic mass is 32.2. The number of carbonyl (C=O) groups is 1. The molecule has 8 heteroatoms. The van der Waals surface area contributed by atoms with Gasteiger partial charge in [-0.25, -0.2) is 4.68 Å². The Balaban J connectivity index is 1.43. The molecule has 0 saturated heterocycles. The first-order chi connectivity index (χ1) is 12.6. The lowest BCUT2D eigenvalue weighted by molar-refractivity contribution is -0.117. The fraction of sp³-hybridized carbons (Fsp3) is 0.222. The van der Waals surface area contributed by atoms with Gasteiger partial charge >= 0.3 is 0 Å². The fourth-order valence-corrected chi connectivity index (χ4v) is 3.84. The van der Waals surface area contributed by atoms with E-state index in [0.717, 1.165) is 34.2 Å². The highest BCUT2D eigenvalue weighted by Gasteiger charge is 2.26. The van der Waals surface area contributed by atoms with Gasteiger partial charge in [0.25, 0.3) is 5.56 Å². The Morgan fingerprint density at radius 3 is 2.85 bits per heavy atom. The Bertz CT molecular complexity index is 978. The summed E-state index contributed by atoms with van der Waals surface area (Å²) in [5, 5.41) is 10.0. The minimum atomic E-state index is -0.296. The molecule has 0 fully saturated rings. The van der Waals surface area contributed by atoms with E-state index >= 15 is 0 Å². The van der Waals surface area contributed by atoms with Gasteiger partial charge in [0.1, 0.15) is 6.54 Å². The highest BCUT2D eigenvalue weighted by molar-refractivity contribution is 8.16. The van der Waals surface area contributed by atoms with Crippen LogP contribution < -0.4 is 10.9 Å². The molecule has 26 heavy (non-hydrogen) atoms. The zero-order valence-electron chi connectivity index (χ0n) is 14.2. The minimum Gasteiger partial charge on any atom is -0.324 e. The van der Waals surface area contributed by atoms with E-state index in [1.54, 1.807) is 24.8 Å². The van der Waals surface area contributed by atoms with Crippen LogP contribution in [0.1, 0.15) is 11.3 Å². The van der Waals surface area contributed by atoms with Gasteiger partial charge in [0.2, 0.25) is 5.91 Å². The molecule has 2 aromatic rings. The molecule has 7 nitrogen and oxygen atoms in total. The van der Waals surface area contributed by atoms with Gasteiger partial charge in [-0.15, -0.1) is 0 Å². The van der Waals surface area contributed by atoms with Gasteiger partial charge in [-0.2, -0.15) is 5.10 Å². The summed E-state index contributed by atoms with van der Waals surface area (Å²) >= 11 is 1.64. The number of hydrogen-bond donors (Lipinski definition) is 1. The first-order valence-corrected chi connectivity index (χ1v) is 9.12. The molecule has 1 N–H and O–H groups in total. The third-order valence-electron chi connectivity index (χ3n) is 4.13. The Kier molecular flexibility index (Phi) is 4.34. The van der Waals surface area contributed by atoms with Crippen molar-refractivity contribution in [2.24, 2.45) is 4.99 Å². The average molecular weight is 367 g/mol. The summed E-state index contributed by atoms with van der Waals surface area (Å²) in [5.74, 6) is -0.289. The van der Waals surface area contributed by atoms with E-state index in [4.69, 9.17) is 0 Å². The summed E-state index contributed by atoms with van der Waals surface area (Å²) in [6, 6.07) is 10.7. The second-order valence-electron chi connectivity index (χ2n) is 6.03. The quantitative estimate of drug-likeness (QED) is 0.893. The number of carbonyl (C=O) groups excluding carboxylic acids is 1. The molecule has 0 bridgehead atoms. The van der Waals surface area contributed by atoms with Crippen molar-refractivity contribution in [1.82, 2.24) is 14.7 Å². The van der Waals surface area contributed by atoms with Crippen molar-refractivity contribution in [3.8, 4) is 0 Å². The van der Waals surface area contributed by atoms with E-state index in [0.29, 0.717) is 11.4 Å². The molecule has 1 amide bonds. The summed E-state index contributed by atoms with van der Waals surface area (Å²) in [7, 11) is 0. The van der Waals surface area contributed by atoms with Crippen LogP contribution in [0.5, 0.6) is 0 Å². The summed E-state index contributed by atoms with van der Waals surface area (Å²) in [6.07, 6.45) is 0. The largest absolute Gasteiger partial charge is 0.324 e. The van der Waals surface area contributed by atoms with Crippen molar-refractivity contribution < 1.29 is 4.79 Å². The van der Waals surface area contributed by atoms with E-state index in [1.807, 2.05) is 24.3 Å². The molecule has 1 aromatic heterocycles. The van der Waals surface area contributed by atoms with Crippen molar-refractivity contribution in [1.29, 1.82) is 0 Å². The van der Waals surface area contributed by atoms with E-state index in [1.165, 1.54) is 6.07 Å². The van der Waals surface area contributed by atoms with E-state index < -0.39 is 0 Å². The SMILES string of the molecule is Cc1ccc(=O)n(CC(=O)Nc2ccc(C3=CSC4=NCCN34)cc2)n1. The number of rotatable bonds is 4. The van der Waals surface area contributed by atoms with Crippen LogP contribution in [0.15, 0.2) is 51.6 Å². The first kappa shape index (κ1) is 16.6. The molecule has 0 spiro atoms. The number of thioether (sulfide) groups is 1. The lowest BCUT2D eigenvalue weighted by Gasteiger charge is -2.17. The number of fused-ring (bicyclic) bond motifs is 1.